The summed E-state index contributed by atoms with van der Waals surface area (Å²) in [5, 5.41) is 5.54. The molecule has 0 saturated carbocycles. The Morgan fingerprint density at radius 2 is 1.96 bits per heavy atom. The standard InChI is InChI=1S/C18H22N6O/c1-13(23-8-4-3-5-9-23)24-18-15(11-22-24)17(20-12-21-18)14-10-19-7-6-16(14)25-2/h6-7,10-13H,3-5,8-9H2,1-2H3. The van der Waals surface area contributed by atoms with Crippen molar-refractivity contribution in [2.75, 3.05) is 20.2 Å². The average Bonchev–Trinajstić information content (AvgIpc) is 3.12. The fraction of sp³-hybridized carbons (Fsp3) is 0.444. The molecule has 7 nitrogen and oxygen atoms in total. The first-order valence-electron chi connectivity index (χ1n) is 8.70. The van der Waals surface area contributed by atoms with E-state index in [2.05, 4.69) is 31.9 Å². The summed E-state index contributed by atoms with van der Waals surface area (Å²) in [6, 6.07) is 1.84. The van der Waals surface area contributed by atoms with Gasteiger partial charge in [-0.25, -0.2) is 14.6 Å². The zero-order chi connectivity index (χ0) is 17.2. The minimum Gasteiger partial charge on any atom is -0.496 e. The molecule has 1 fully saturated rings. The number of hydrogen-bond acceptors (Lipinski definition) is 6. The van der Waals surface area contributed by atoms with Crippen molar-refractivity contribution >= 4 is 11.0 Å². The van der Waals surface area contributed by atoms with E-state index in [1.807, 2.05) is 16.9 Å². The van der Waals surface area contributed by atoms with Crippen LogP contribution < -0.4 is 4.74 Å². The Hall–Kier alpha value is -2.54. The van der Waals surface area contributed by atoms with Gasteiger partial charge in [-0.15, -0.1) is 0 Å². The van der Waals surface area contributed by atoms with Gasteiger partial charge >= 0.3 is 0 Å². The highest BCUT2D eigenvalue weighted by Gasteiger charge is 2.22. The van der Waals surface area contributed by atoms with E-state index in [1.54, 1.807) is 25.8 Å². The maximum atomic E-state index is 5.46. The van der Waals surface area contributed by atoms with Crippen LogP contribution in [0.1, 0.15) is 32.4 Å². The second-order valence-corrected chi connectivity index (χ2v) is 6.35. The lowest BCUT2D eigenvalue weighted by Crippen LogP contribution is -2.35. The third kappa shape index (κ3) is 2.84. The molecule has 0 amide bonds. The van der Waals surface area contributed by atoms with Crippen molar-refractivity contribution < 1.29 is 4.74 Å². The number of ether oxygens (including phenoxy) is 1. The molecular weight excluding hydrogens is 316 g/mol. The highest BCUT2D eigenvalue weighted by molar-refractivity contribution is 5.91. The SMILES string of the molecule is COc1ccncc1-c1ncnc2c1cnn2C(C)N1CCCCC1. The number of pyridine rings is 1. The van der Waals surface area contributed by atoms with Gasteiger partial charge in [-0.05, 0) is 25.8 Å². The van der Waals surface area contributed by atoms with Crippen molar-refractivity contribution in [2.45, 2.75) is 32.4 Å². The summed E-state index contributed by atoms with van der Waals surface area (Å²) in [5.74, 6) is 0.742. The summed E-state index contributed by atoms with van der Waals surface area (Å²) in [4.78, 5) is 15.6. The van der Waals surface area contributed by atoms with Crippen molar-refractivity contribution in [3.8, 4) is 17.0 Å². The molecule has 0 aromatic carbocycles. The minimum absolute atomic E-state index is 0.177. The highest BCUT2D eigenvalue weighted by atomic mass is 16.5. The van der Waals surface area contributed by atoms with E-state index in [-0.39, 0.29) is 6.17 Å². The van der Waals surface area contributed by atoms with E-state index in [1.165, 1.54) is 19.3 Å². The van der Waals surface area contributed by atoms with Crippen LogP contribution in [0.2, 0.25) is 0 Å². The Morgan fingerprint density at radius 1 is 1.12 bits per heavy atom. The van der Waals surface area contributed by atoms with Crippen LogP contribution in [0.5, 0.6) is 5.75 Å². The molecule has 3 aromatic rings. The molecule has 25 heavy (non-hydrogen) atoms. The van der Waals surface area contributed by atoms with Gasteiger partial charge in [0.2, 0.25) is 0 Å². The molecule has 4 rings (SSSR count). The van der Waals surface area contributed by atoms with E-state index in [9.17, 15) is 0 Å². The Bertz CT molecular complexity index is 871. The first kappa shape index (κ1) is 16.0. The number of nitrogens with zero attached hydrogens (tertiary/aromatic N) is 6. The van der Waals surface area contributed by atoms with Crippen molar-refractivity contribution in [2.24, 2.45) is 0 Å². The van der Waals surface area contributed by atoms with Gasteiger partial charge in [0.15, 0.2) is 5.65 Å². The number of piperidine rings is 1. The number of fused-ring (bicyclic) bond motifs is 1. The third-order valence-electron chi connectivity index (χ3n) is 4.92. The van der Waals surface area contributed by atoms with Gasteiger partial charge in [0.1, 0.15) is 18.2 Å². The average molecular weight is 338 g/mol. The summed E-state index contributed by atoms with van der Waals surface area (Å²) in [5.41, 5.74) is 2.49. The second kappa shape index (κ2) is 6.76. The molecule has 1 unspecified atom stereocenters. The highest BCUT2D eigenvalue weighted by Crippen LogP contribution is 2.32. The normalized spacial score (nSPS) is 16.9. The van der Waals surface area contributed by atoms with Crippen molar-refractivity contribution in [1.82, 2.24) is 29.6 Å². The van der Waals surface area contributed by atoms with Gasteiger partial charge in [0, 0.05) is 25.5 Å². The summed E-state index contributed by atoms with van der Waals surface area (Å²) in [7, 11) is 1.65. The number of rotatable bonds is 4. The molecule has 0 bridgehead atoms. The molecule has 130 valence electrons. The molecule has 7 heteroatoms. The summed E-state index contributed by atoms with van der Waals surface area (Å²) >= 11 is 0. The molecular formula is C18H22N6O. The van der Waals surface area contributed by atoms with Crippen molar-refractivity contribution in [1.29, 1.82) is 0 Å². The first-order chi connectivity index (χ1) is 12.3. The predicted molar refractivity (Wildman–Crippen MR) is 95.2 cm³/mol. The maximum absolute atomic E-state index is 5.46. The molecule has 1 aliphatic rings. The summed E-state index contributed by atoms with van der Waals surface area (Å²) in [6.45, 7) is 4.40. The van der Waals surface area contributed by atoms with Gasteiger partial charge in [-0.2, -0.15) is 5.10 Å². The van der Waals surface area contributed by atoms with Crippen LogP contribution in [0.15, 0.2) is 31.0 Å². The van der Waals surface area contributed by atoms with Crippen molar-refractivity contribution in [3.63, 3.8) is 0 Å². The minimum atomic E-state index is 0.177. The van der Waals surface area contributed by atoms with Gasteiger partial charge in [0.05, 0.1) is 30.0 Å². The van der Waals surface area contributed by atoms with Crippen LogP contribution in [-0.2, 0) is 0 Å². The molecule has 0 N–H and O–H groups in total. The topological polar surface area (TPSA) is 69.0 Å². The largest absolute Gasteiger partial charge is 0.496 e. The first-order valence-corrected chi connectivity index (χ1v) is 8.70. The molecule has 3 aromatic heterocycles. The quantitative estimate of drug-likeness (QED) is 0.728. The lowest BCUT2D eigenvalue weighted by molar-refractivity contribution is 0.120. The van der Waals surface area contributed by atoms with Crippen LogP contribution in [0, 0.1) is 0 Å². The zero-order valence-corrected chi connectivity index (χ0v) is 14.6. The summed E-state index contributed by atoms with van der Waals surface area (Å²) < 4.78 is 7.46. The lowest BCUT2D eigenvalue weighted by atomic mass is 10.1. The summed E-state index contributed by atoms with van der Waals surface area (Å²) in [6.07, 6.45) is 10.9. The monoisotopic (exact) mass is 338 g/mol. The molecule has 0 radical (unpaired) electrons. The van der Waals surface area contributed by atoms with Crippen LogP contribution >= 0.6 is 0 Å². The second-order valence-electron chi connectivity index (χ2n) is 6.35. The Kier molecular flexibility index (Phi) is 4.31. The number of methoxy groups -OCH3 is 1. The molecule has 1 aliphatic heterocycles. The molecule has 1 saturated heterocycles. The smallest absolute Gasteiger partial charge is 0.163 e. The molecule has 1 atom stereocenters. The predicted octanol–water partition coefficient (Wildman–Crippen LogP) is 2.90. The van der Waals surface area contributed by atoms with Gasteiger partial charge < -0.3 is 4.74 Å². The van der Waals surface area contributed by atoms with Crippen LogP contribution in [-0.4, -0.2) is 49.8 Å². The zero-order valence-electron chi connectivity index (χ0n) is 14.6. The number of likely N-dealkylation sites (tertiary alicyclic amines) is 1. The maximum Gasteiger partial charge on any atom is 0.163 e. The van der Waals surface area contributed by atoms with E-state index in [0.29, 0.717) is 0 Å². The Labute approximate surface area is 146 Å². The van der Waals surface area contributed by atoms with Crippen LogP contribution in [0.25, 0.3) is 22.3 Å². The fourth-order valence-electron chi connectivity index (χ4n) is 3.53. The molecule has 4 heterocycles. The van der Waals surface area contributed by atoms with Crippen molar-refractivity contribution in [3.05, 3.63) is 31.0 Å². The number of aromatic nitrogens is 5. The van der Waals surface area contributed by atoms with Crippen LogP contribution in [0.4, 0.5) is 0 Å². The Balaban J connectivity index is 1.78. The lowest BCUT2D eigenvalue weighted by Gasteiger charge is -2.32. The fourth-order valence-corrected chi connectivity index (χ4v) is 3.53. The van der Waals surface area contributed by atoms with Gasteiger partial charge in [-0.1, -0.05) is 6.42 Å². The van der Waals surface area contributed by atoms with E-state index in [0.717, 1.165) is 41.1 Å². The van der Waals surface area contributed by atoms with Crippen LogP contribution in [0.3, 0.4) is 0 Å². The molecule has 0 spiro atoms. The van der Waals surface area contributed by atoms with E-state index < -0.39 is 0 Å². The van der Waals surface area contributed by atoms with E-state index in [4.69, 9.17) is 4.74 Å². The third-order valence-corrected chi connectivity index (χ3v) is 4.92. The Morgan fingerprint density at radius 3 is 2.76 bits per heavy atom. The van der Waals surface area contributed by atoms with Gasteiger partial charge in [0.25, 0.3) is 0 Å². The van der Waals surface area contributed by atoms with Gasteiger partial charge in [-0.3, -0.25) is 9.88 Å². The van der Waals surface area contributed by atoms with E-state index >= 15 is 0 Å². The number of hydrogen-bond donors (Lipinski definition) is 0. The molecule has 0 aliphatic carbocycles.